The molecular weight excluding hydrogens is 809 g/mol. The molecule has 1 fully saturated rings. The first-order valence-corrected chi connectivity index (χ1v) is 25.3. The van der Waals surface area contributed by atoms with Gasteiger partial charge in [-0.15, -0.1) is 0 Å². The highest BCUT2D eigenvalue weighted by Gasteiger charge is 2.85. The summed E-state index contributed by atoms with van der Waals surface area (Å²) in [6.07, 6.45) is 0. The lowest BCUT2D eigenvalue weighted by molar-refractivity contribution is -0.153. The standard InChI is InChI=1S/C66H10O/c1-4(67)63-64(2,3)66-61-55-49-39-27-19-11-7-5-6-9-13(11)21(27)31-25-17(9)18-10(6)14-12-8(5)16-15(7)23-29(19)37-43-33(23)34-24(16)30-20(12)28-22(14)32-26(18)36-35(25)47(41(31)49)57(61)58-48(36)42(32)50-40(28)46-38(30)44(34)52-51(43)59(53(55)45(37)39)65(63,66)60(52)54(46)56(50)62(58)66/h63H,1-3H3. The fourth-order valence-electron chi connectivity index (χ4n) is 26.5. The molecule has 28 aromatic rings. The maximum atomic E-state index is 15.6. The molecule has 0 N–H and O–H groups in total. The third-order valence-corrected chi connectivity index (χ3v) is 25.9. The molecule has 0 radical (unpaired) electrons. The Balaban J connectivity index is 1.26. The third-order valence-electron chi connectivity index (χ3n) is 25.9. The minimum absolute atomic E-state index is 0.115. The van der Waals surface area contributed by atoms with Gasteiger partial charge < -0.3 is 0 Å². The smallest absolute Gasteiger partial charge is 0.134 e. The zero-order valence-electron chi connectivity index (χ0n) is 35.0. The van der Waals surface area contributed by atoms with E-state index in [4.69, 9.17) is 0 Å². The van der Waals surface area contributed by atoms with Crippen molar-refractivity contribution in [2.45, 2.75) is 31.6 Å². The monoisotopic (exact) mass is 818 g/mol. The number of ketones is 1. The number of carbonyl (C=O) groups excluding carboxylic acids is 1. The first kappa shape index (κ1) is 24.6. The molecule has 1 unspecified atom stereocenters. The van der Waals surface area contributed by atoms with Crippen LogP contribution in [0.3, 0.4) is 0 Å². The number of hydrogen-bond acceptors (Lipinski definition) is 1. The molecule has 1 nitrogen and oxygen atoms in total. The maximum Gasteiger partial charge on any atom is 0.134 e. The normalized spacial score (nSPS) is 21.9. The number of hydrogen-bond donors (Lipinski definition) is 0. The van der Waals surface area contributed by atoms with Gasteiger partial charge in [0.1, 0.15) is 5.78 Å². The van der Waals surface area contributed by atoms with Gasteiger partial charge in [0.05, 0.1) is 0 Å². The molecule has 2 spiro atoms. The highest BCUT2D eigenvalue weighted by Crippen LogP contribution is 2.91. The van der Waals surface area contributed by atoms with Crippen molar-refractivity contribution in [3.05, 3.63) is 22.3 Å². The van der Waals surface area contributed by atoms with Gasteiger partial charge in [0.25, 0.3) is 0 Å². The van der Waals surface area contributed by atoms with E-state index in [0.29, 0.717) is 5.78 Å². The van der Waals surface area contributed by atoms with Crippen molar-refractivity contribution in [3.8, 4) is 0 Å². The van der Waals surface area contributed by atoms with E-state index in [1.54, 1.807) is 313 Å². The quantitative estimate of drug-likeness (QED) is 0.151. The van der Waals surface area contributed by atoms with Gasteiger partial charge in [0, 0.05) is 16.7 Å². The molecule has 5 aliphatic rings. The molecule has 0 saturated heterocycles. The van der Waals surface area contributed by atoms with Crippen molar-refractivity contribution in [2.75, 3.05) is 0 Å². The maximum absolute atomic E-state index is 15.6. The summed E-state index contributed by atoms with van der Waals surface area (Å²) < 4.78 is 0. The lowest BCUT2D eigenvalue weighted by Crippen LogP contribution is -2.78. The number of Topliss-reactive ketones (excluding diaryl/α,β-unsaturated/α-hetero) is 1. The van der Waals surface area contributed by atoms with Crippen molar-refractivity contribution in [1.82, 2.24) is 0 Å². The number of carbonyl (C=O) groups is 1. The van der Waals surface area contributed by atoms with Crippen LogP contribution in [-0.2, 0) is 15.6 Å². The van der Waals surface area contributed by atoms with Crippen LogP contribution in [0.25, 0.3) is 291 Å². The molecule has 28 aromatic carbocycles. The van der Waals surface area contributed by atoms with Crippen LogP contribution >= 0.6 is 0 Å². The van der Waals surface area contributed by atoms with Crippen LogP contribution in [0.5, 0.6) is 0 Å². The lowest BCUT2D eigenvalue weighted by atomic mass is 9.24. The molecule has 33 rings (SSSR count). The SMILES string of the molecule is CC(=O)C1C(C)(C)C23c4c5c6c7c8c9c(c%10c%11c2c2c4c4c%12c5c5c6c6c8c8c%13c9c9c%10c%10c%11c%11c2c2c4c4c%12c%12c5c5c6c8c6c8c%13c9c9c%10c%10c%11c2c2c4c4c%12c5c6c5c8c9c%10c2c45)C713. The molecule has 1 atom stereocenters. The first-order valence-electron chi connectivity index (χ1n) is 25.3. The second kappa shape index (κ2) is 5.25. The Morgan fingerprint density at radius 1 is 0.239 bits per heavy atom. The van der Waals surface area contributed by atoms with Crippen LogP contribution in [-0.4, -0.2) is 5.78 Å². The van der Waals surface area contributed by atoms with Gasteiger partial charge in [-0.25, -0.2) is 0 Å². The molecule has 1 saturated carbocycles. The highest BCUT2D eigenvalue weighted by atomic mass is 16.1. The fraction of sp³-hybridized carbons (Fsp3) is 0.106. The number of benzene rings is 18. The summed E-state index contributed by atoms with van der Waals surface area (Å²) in [6.45, 7) is 7.23. The Bertz CT molecular complexity index is 6970. The van der Waals surface area contributed by atoms with Gasteiger partial charge in [0.15, 0.2) is 0 Å². The van der Waals surface area contributed by atoms with Gasteiger partial charge in [-0.2, -0.15) is 0 Å². The first-order chi connectivity index (χ1) is 33.1. The van der Waals surface area contributed by atoms with Crippen molar-refractivity contribution < 1.29 is 4.79 Å². The van der Waals surface area contributed by atoms with E-state index >= 15 is 4.79 Å². The molecule has 0 heterocycles. The zero-order chi connectivity index (χ0) is 40.1. The predicted octanol–water partition coefficient (Wildman–Crippen LogP) is 17.5. The highest BCUT2D eigenvalue weighted by molar-refractivity contribution is 6.82. The Kier molecular flexibility index (Phi) is 1.93. The van der Waals surface area contributed by atoms with Crippen LogP contribution in [0.15, 0.2) is 0 Å². The molecule has 1 heteroatoms. The van der Waals surface area contributed by atoms with Crippen molar-refractivity contribution in [1.29, 1.82) is 0 Å². The molecule has 0 amide bonds. The Morgan fingerprint density at radius 2 is 0.373 bits per heavy atom. The summed E-state index contributed by atoms with van der Waals surface area (Å²) in [4.78, 5) is 15.6. The molecule has 0 aromatic heterocycles. The van der Waals surface area contributed by atoms with Crippen LogP contribution in [0.4, 0.5) is 0 Å². The van der Waals surface area contributed by atoms with Crippen molar-refractivity contribution in [3.63, 3.8) is 0 Å². The molecule has 280 valence electrons. The predicted molar refractivity (Wildman–Crippen MR) is 282 cm³/mol. The fourth-order valence-corrected chi connectivity index (χ4v) is 26.5. The molecule has 0 bridgehead atoms. The minimum atomic E-state index is -0.451. The summed E-state index contributed by atoms with van der Waals surface area (Å²) in [6, 6.07) is 0. The second-order valence-electron chi connectivity index (χ2n) is 26.1. The van der Waals surface area contributed by atoms with Crippen LogP contribution in [0.1, 0.15) is 43.0 Å². The zero-order valence-corrected chi connectivity index (χ0v) is 35.0. The molecule has 67 heavy (non-hydrogen) atoms. The van der Waals surface area contributed by atoms with E-state index in [-0.39, 0.29) is 16.7 Å². The van der Waals surface area contributed by atoms with Crippen molar-refractivity contribution in [2.24, 2.45) is 11.3 Å². The molecular formula is C66H10O. The van der Waals surface area contributed by atoms with Crippen LogP contribution in [0.2, 0.25) is 0 Å². The van der Waals surface area contributed by atoms with E-state index in [9.17, 15) is 0 Å². The lowest BCUT2D eigenvalue weighted by Gasteiger charge is -2.75. The van der Waals surface area contributed by atoms with Crippen molar-refractivity contribution >= 4 is 297 Å². The van der Waals surface area contributed by atoms with E-state index < -0.39 is 5.41 Å². The van der Waals surface area contributed by atoms with E-state index in [1.165, 1.54) is 0 Å². The Labute approximate surface area is 364 Å². The summed E-state index contributed by atoms with van der Waals surface area (Å²) in [7, 11) is 0. The molecule has 0 aliphatic heterocycles. The van der Waals surface area contributed by atoms with Crippen LogP contribution < -0.4 is 0 Å². The summed E-state index contributed by atoms with van der Waals surface area (Å²) in [5.41, 5.74) is 5.52. The Hall–Kier alpha value is -7.87. The van der Waals surface area contributed by atoms with E-state index in [0.717, 1.165) is 0 Å². The van der Waals surface area contributed by atoms with Gasteiger partial charge in [-0.3, -0.25) is 4.79 Å². The van der Waals surface area contributed by atoms with Gasteiger partial charge in [0.2, 0.25) is 0 Å². The topological polar surface area (TPSA) is 17.1 Å². The van der Waals surface area contributed by atoms with Gasteiger partial charge in [-0.1, -0.05) is 13.8 Å². The Morgan fingerprint density at radius 3 is 0.522 bits per heavy atom. The van der Waals surface area contributed by atoms with Gasteiger partial charge >= 0.3 is 0 Å². The summed E-state index contributed by atoms with van der Waals surface area (Å²) in [5, 5.41) is 87.8. The minimum Gasteiger partial charge on any atom is -0.300 e. The van der Waals surface area contributed by atoms with Gasteiger partial charge in [-0.05, 0) is 325 Å². The summed E-state index contributed by atoms with van der Waals surface area (Å²) >= 11 is 0. The van der Waals surface area contributed by atoms with E-state index in [1.807, 2.05) is 6.92 Å². The van der Waals surface area contributed by atoms with Crippen LogP contribution in [0, 0.1) is 11.3 Å². The molecule has 5 aliphatic carbocycles. The number of rotatable bonds is 1. The largest absolute Gasteiger partial charge is 0.300 e. The van der Waals surface area contributed by atoms with E-state index in [2.05, 4.69) is 13.8 Å². The third kappa shape index (κ3) is 1.20. The summed E-state index contributed by atoms with van der Waals surface area (Å²) in [5.74, 6) is 0.295. The average molecular weight is 819 g/mol. The average Bonchev–Trinajstić information content (AvgIpc) is 4.16. The second-order valence-corrected chi connectivity index (χ2v) is 26.1.